The first-order chi connectivity index (χ1) is 13.8. The highest BCUT2D eigenvalue weighted by Gasteiger charge is 2.14. The van der Waals surface area contributed by atoms with Gasteiger partial charge in [-0.2, -0.15) is 5.10 Å². The average Bonchev–Trinajstić information content (AvgIpc) is 3.12. The Morgan fingerprint density at radius 2 is 1.93 bits per heavy atom. The molecule has 0 aliphatic rings. The molecule has 0 fully saturated rings. The molecule has 0 atom stereocenters. The normalized spacial score (nSPS) is 10.4. The van der Waals surface area contributed by atoms with Crippen LogP contribution in [0.2, 0.25) is 5.02 Å². The van der Waals surface area contributed by atoms with Crippen molar-refractivity contribution in [3.8, 4) is 11.5 Å². The summed E-state index contributed by atoms with van der Waals surface area (Å²) in [7, 11) is 0. The molecule has 29 heavy (non-hydrogen) atoms. The molecule has 3 aromatic rings. The van der Waals surface area contributed by atoms with Gasteiger partial charge in [0.05, 0.1) is 28.4 Å². The first kappa shape index (κ1) is 19.8. The predicted octanol–water partition coefficient (Wildman–Crippen LogP) is 3.57. The topological polar surface area (TPSA) is 137 Å². The highest BCUT2D eigenvalue weighted by molar-refractivity contribution is 6.30. The minimum absolute atomic E-state index is 0.0631. The fraction of sp³-hybridized carbons (Fsp3) is 0.0556. The van der Waals surface area contributed by atoms with Crippen LogP contribution in [0, 0.1) is 10.1 Å². The minimum atomic E-state index is -1.17. The van der Waals surface area contributed by atoms with Gasteiger partial charge in [-0.15, -0.1) is 0 Å². The Balaban J connectivity index is 1.77. The van der Waals surface area contributed by atoms with Crippen LogP contribution in [0.1, 0.15) is 10.4 Å². The van der Waals surface area contributed by atoms with E-state index in [1.807, 2.05) is 0 Å². The minimum Gasteiger partial charge on any atom is -0.478 e. The summed E-state index contributed by atoms with van der Waals surface area (Å²) in [5, 5.41) is 26.9. The summed E-state index contributed by atoms with van der Waals surface area (Å²) in [4.78, 5) is 33.6. The van der Waals surface area contributed by atoms with Crippen LogP contribution in [0.25, 0.3) is 0 Å². The summed E-state index contributed by atoms with van der Waals surface area (Å²) in [5.41, 5.74) is -0.204. The maximum atomic E-state index is 12.2. The quantitative estimate of drug-likeness (QED) is 0.443. The number of ether oxygens (including phenoxy) is 1. The average molecular weight is 417 g/mol. The molecule has 2 aromatic carbocycles. The van der Waals surface area contributed by atoms with E-state index in [1.54, 1.807) is 24.3 Å². The fourth-order valence-corrected chi connectivity index (χ4v) is 2.49. The van der Waals surface area contributed by atoms with Crippen molar-refractivity contribution in [1.82, 2.24) is 9.78 Å². The lowest BCUT2D eigenvalue weighted by Crippen LogP contribution is -2.19. The number of nitrogens with one attached hydrogen (secondary N) is 1. The third-order valence-electron chi connectivity index (χ3n) is 3.62. The smallest absolute Gasteiger partial charge is 0.338 e. The Labute approximate surface area is 168 Å². The molecule has 0 spiro atoms. The highest BCUT2D eigenvalue weighted by atomic mass is 35.5. The number of amides is 1. The van der Waals surface area contributed by atoms with Gasteiger partial charge in [0.2, 0.25) is 5.91 Å². The van der Waals surface area contributed by atoms with E-state index in [-0.39, 0.29) is 29.2 Å². The van der Waals surface area contributed by atoms with Crippen molar-refractivity contribution < 1.29 is 24.4 Å². The number of nitrogens with zero attached hydrogens (tertiary/aromatic N) is 3. The van der Waals surface area contributed by atoms with Crippen molar-refractivity contribution >= 4 is 34.9 Å². The number of non-ortho nitro benzene ring substituents is 1. The number of halogens is 1. The van der Waals surface area contributed by atoms with Gasteiger partial charge < -0.3 is 15.2 Å². The Hall–Kier alpha value is -3.92. The molecule has 1 heterocycles. The molecule has 3 rings (SSSR count). The monoisotopic (exact) mass is 416 g/mol. The number of nitro benzene ring substituents is 1. The van der Waals surface area contributed by atoms with Gasteiger partial charge in [-0.3, -0.25) is 19.6 Å². The molecule has 0 saturated heterocycles. The summed E-state index contributed by atoms with van der Waals surface area (Å²) in [6, 6.07) is 10.2. The number of rotatable bonds is 7. The van der Waals surface area contributed by atoms with Gasteiger partial charge in [-0.05, 0) is 24.3 Å². The Morgan fingerprint density at radius 3 is 2.55 bits per heavy atom. The zero-order chi connectivity index (χ0) is 21.0. The maximum Gasteiger partial charge on any atom is 0.338 e. The van der Waals surface area contributed by atoms with Gasteiger partial charge in [0, 0.05) is 23.4 Å². The second-order valence-corrected chi connectivity index (χ2v) is 6.25. The number of aromatic nitrogens is 2. The summed E-state index contributed by atoms with van der Waals surface area (Å²) in [5.74, 6) is -1.17. The van der Waals surface area contributed by atoms with Crippen molar-refractivity contribution in [2.24, 2.45) is 0 Å². The van der Waals surface area contributed by atoms with Crippen LogP contribution < -0.4 is 10.1 Å². The first-order valence-electron chi connectivity index (χ1n) is 8.08. The second kappa shape index (κ2) is 8.40. The number of anilines is 1. The van der Waals surface area contributed by atoms with Crippen LogP contribution in [-0.4, -0.2) is 31.7 Å². The van der Waals surface area contributed by atoms with Gasteiger partial charge in [-0.25, -0.2) is 4.79 Å². The zero-order valence-electron chi connectivity index (χ0n) is 14.6. The standard InChI is InChI=1S/C18H13ClN4O6/c19-12-1-3-15(4-2-12)29-16-6-13(5-14(7-16)23(27)28)21-17(24)10-22-9-11(8-20-22)18(25)26/h1-9H,10H2,(H,21,24)(H,25,26). The molecule has 0 radical (unpaired) electrons. The van der Waals surface area contributed by atoms with Crippen LogP contribution in [0.15, 0.2) is 54.9 Å². The Morgan fingerprint density at radius 1 is 1.21 bits per heavy atom. The summed E-state index contributed by atoms with van der Waals surface area (Å²) in [6.45, 7) is -0.274. The summed E-state index contributed by atoms with van der Waals surface area (Å²) < 4.78 is 6.74. The van der Waals surface area contributed by atoms with Crippen molar-refractivity contribution in [3.05, 3.63) is 75.6 Å². The number of nitro groups is 1. The van der Waals surface area contributed by atoms with E-state index in [9.17, 15) is 19.7 Å². The van der Waals surface area contributed by atoms with Crippen molar-refractivity contribution in [2.75, 3.05) is 5.32 Å². The number of carboxylic acids is 1. The number of carbonyl (C=O) groups excluding carboxylic acids is 1. The molecule has 1 aromatic heterocycles. The number of hydrogen-bond acceptors (Lipinski definition) is 6. The van der Waals surface area contributed by atoms with Gasteiger partial charge in [0.25, 0.3) is 5.69 Å². The molecule has 0 aliphatic carbocycles. The Kier molecular flexibility index (Phi) is 5.74. The molecule has 1 amide bonds. The van der Waals surface area contributed by atoms with Crippen molar-refractivity contribution in [1.29, 1.82) is 0 Å². The highest BCUT2D eigenvalue weighted by Crippen LogP contribution is 2.30. The lowest BCUT2D eigenvalue weighted by Gasteiger charge is -2.10. The summed E-state index contributed by atoms with van der Waals surface area (Å²) >= 11 is 5.82. The molecule has 148 valence electrons. The number of benzene rings is 2. The van der Waals surface area contributed by atoms with Crippen LogP contribution in [0.3, 0.4) is 0 Å². The molecule has 10 nitrogen and oxygen atoms in total. The van der Waals surface area contributed by atoms with E-state index in [0.717, 1.165) is 10.9 Å². The molecule has 0 saturated carbocycles. The number of aromatic carboxylic acids is 1. The lowest BCUT2D eigenvalue weighted by atomic mass is 10.2. The largest absolute Gasteiger partial charge is 0.478 e. The maximum absolute atomic E-state index is 12.2. The predicted molar refractivity (Wildman–Crippen MR) is 102 cm³/mol. The third kappa shape index (κ3) is 5.30. The van der Waals surface area contributed by atoms with E-state index in [1.165, 1.54) is 24.4 Å². The van der Waals surface area contributed by atoms with E-state index < -0.39 is 16.8 Å². The van der Waals surface area contributed by atoms with Crippen LogP contribution in [-0.2, 0) is 11.3 Å². The van der Waals surface area contributed by atoms with Gasteiger partial charge in [0.15, 0.2) is 0 Å². The van der Waals surface area contributed by atoms with Crippen LogP contribution in [0.4, 0.5) is 11.4 Å². The van der Waals surface area contributed by atoms with Crippen molar-refractivity contribution in [2.45, 2.75) is 6.54 Å². The SMILES string of the molecule is O=C(Cn1cc(C(=O)O)cn1)Nc1cc(Oc2ccc(Cl)cc2)cc([N+](=O)[O-])c1. The molecule has 0 bridgehead atoms. The van der Waals surface area contributed by atoms with Gasteiger partial charge in [-0.1, -0.05) is 11.6 Å². The third-order valence-corrected chi connectivity index (χ3v) is 3.87. The van der Waals surface area contributed by atoms with Crippen LogP contribution >= 0.6 is 11.6 Å². The molecular formula is C18H13ClN4O6. The van der Waals surface area contributed by atoms with Gasteiger partial charge >= 0.3 is 5.97 Å². The molecule has 2 N–H and O–H groups in total. The molecular weight excluding hydrogens is 404 g/mol. The number of carboxylic acid groups (broad SMARTS) is 1. The van der Waals surface area contributed by atoms with E-state index >= 15 is 0 Å². The lowest BCUT2D eigenvalue weighted by molar-refractivity contribution is -0.384. The second-order valence-electron chi connectivity index (χ2n) is 5.81. The molecule has 0 aliphatic heterocycles. The Bertz CT molecular complexity index is 1080. The van der Waals surface area contributed by atoms with Crippen molar-refractivity contribution in [3.63, 3.8) is 0 Å². The van der Waals surface area contributed by atoms with E-state index in [4.69, 9.17) is 21.4 Å². The number of carbonyl (C=O) groups is 2. The first-order valence-corrected chi connectivity index (χ1v) is 8.46. The number of hydrogen-bond donors (Lipinski definition) is 2. The fourth-order valence-electron chi connectivity index (χ4n) is 2.37. The van der Waals surface area contributed by atoms with E-state index in [2.05, 4.69) is 10.4 Å². The van der Waals surface area contributed by atoms with Gasteiger partial charge in [0.1, 0.15) is 18.0 Å². The molecule has 0 unspecified atom stereocenters. The van der Waals surface area contributed by atoms with E-state index in [0.29, 0.717) is 10.8 Å². The summed E-state index contributed by atoms with van der Waals surface area (Å²) in [6.07, 6.45) is 2.31. The molecule has 11 heteroatoms. The zero-order valence-corrected chi connectivity index (χ0v) is 15.4. The van der Waals surface area contributed by atoms with Crippen LogP contribution in [0.5, 0.6) is 11.5 Å².